The number of nitroso groups, excluding NO2 is 1. The Labute approximate surface area is 175 Å². The van der Waals surface area contributed by atoms with Crippen LogP contribution >= 0.6 is 11.6 Å². The molecule has 30 heavy (non-hydrogen) atoms. The first-order valence-electron chi connectivity index (χ1n) is 8.84. The molecule has 10 heteroatoms. The van der Waals surface area contributed by atoms with Gasteiger partial charge in [-0.25, -0.2) is 4.79 Å². The highest BCUT2D eigenvalue weighted by molar-refractivity contribution is 6.35. The zero-order chi connectivity index (χ0) is 21.8. The number of hydrogen-bond donors (Lipinski definition) is 3. The van der Waals surface area contributed by atoms with E-state index < -0.39 is 17.9 Å². The van der Waals surface area contributed by atoms with E-state index in [9.17, 15) is 19.6 Å². The number of anilines is 1. The molecule has 0 bridgehead atoms. The average Bonchev–Trinajstić information content (AvgIpc) is 3.03. The van der Waals surface area contributed by atoms with Crippen LogP contribution in [-0.2, 0) is 0 Å². The minimum atomic E-state index is -1.05. The third-order valence-electron chi connectivity index (χ3n) is 4.21. The number of nitrogens with one attached hydrogen (secondary N) is 1. The molecule has 1 atom stereocenters. The van der Waals surface area contributed by atoms with Crippen LogP contribution in [0.15, 0.2) is 46.0 Å². The van der Waals surface area contributed by atoms with Crippen LogP contribution in [0.3, 0.4) is 0 Å². The predicted octanol–water partition coefficient (Wildman–Crippen LogP) is 3.62. The van der Waals surface area contributed by atoms with Crippen LogP contribution in [-0.4, -0.2) is 36.2 Å². The van der Waals surface area contributed by atoms with Gasteiger partial charge in [-0.15, -0.1) is 0 Å². The number of nitrogens with zero attached hydrogens (tertiary/aromatic N) is 1. The second-order valence-electron chi connectivity index (χ2n) is 6.54. The van der Waals surface area contributed by atoms with Crippen molar-refractivity contribution in [1.82, 2.24) is 0 Å². The summed E-state index contributed by atoms with van der Waals surface area (Å²) in [5, 5.41) is 15.2. The Bertz CT molecular complexity index is 1130. The summed E-state index contributed by atoms with van der Waals surface area (Å²) in [7, 11) is 0. The Morgan fingerprint density at radius 2 is 2.07 bits per heavy atom. The molecule has 2 amide bonds. The van der Waals surface area contributed by atoms with Crippen molar-refractivity contribution in [3.63, 3.8) is 0 Å². The zero-order valence-electron chi connectivity index (χ0n) is 15.8. The van der Waals surface area contributed by atoms with Crippen molar-refractivity contribution < 1.29 is 23.8 Å². The van der Waals surface area contributed by atoms with Gasteiger partial charge in [-0.1, -0.05) is 22.8 Å². The molecule has 0 saturated heterocycles. The molecule has 0 radical (unpaired) electrons. The Kier molecular flexibility index (Phi) is 6.34. The number of fused-ring (bicyclic) bond motifs is 1. The van der Waals surface area contributed by atoms with Gasteiger partial charge in [0.2, 0.25) is 5.78 Å². The lowest BCUT2D eigenvalue weighted by Crippen LogP contribution is -2.20. The third-order valence-corrected chi connectivity index (χ3v) is 4.53. The first-order valence-corrected chi connectivity index (χ1v) is 9.21. The van der Waals surface area contributed by atoms with Gasteiger partial charge in [0.1, 0.15) is 36.3 Å². The van der Waals surface area contributed by atoms with Crippen LogP contribution in [0.2, 0.25) is 5.02 Å². The van der Waals surface area contributed by atoms with Crippen molar-refractivity contribution in [3.05, 3.63) is 63.2 Å². The number of ether oxygens (including phenoxy) is 1. The fraction of sp³-hybridized carbons (Fsp3) is 0.200. The normalized spacial score (nSPS) is 11.8. The lowest BCUT2D eigenvalue weighted by atomic mass is 10.1. The van der Waals surface area contributed by atoms with Crippen molar-refractivity contribution in [2.24, 2.45) is 10.9 Å². The molecular formula is C20H18ClN3O6. The number of urea groups is 1. The van der Waals surface area contributed by atoms with Crippen molar-refractivity contribution in [2.75, 3.05) is 18.5 Å². The maximum absolute atomic E-state index is 13.0. The highest BCUT2D eigenvalue weighted by atomic mass is 35.5. The number of halogens is 1. The molecular weight excluding hydrogens is 414 g/mol. The number of hydrogen-bond acceptors (Lipinski definition) is 7. The number of furan rings is 1. The van der Waals surface area contributed by atoms with Crippen LogP contribution in [0, 0.1) is 11.8 Å². The fourth-order valence-electron chi connectivity index (χ4n) is 2.83. The van der Waals surface area contributed by atoms with Crippen molar-refractivity contribution in [3.8, 4) is 5.75 Å². The number of nitrogens with two attached hydrogens (primary N) is 1. The zero-order valence-corrected chi connectivity index (χ0v) is 16.6. The van der Waals surface area contributed by atoms with Gasteiger partial charge < -0.3 is 25.3 Å². The Hall–Kier alpha value is -3.43. The first kappa shape index (κ1) is 21.3. The van der Waals surface area contributed by atoms with E-state index in [2.05, 4.69) is 10.5 Å². The van der Waals surface area contributed by atoms with Crippen molar-refractivity contribution >= 4 is 40.1 Å². The largest absolute Gasteiger partial charge is 0.491 e. The lowest BCUT2D eigenvalue weighted by Gasteiger charge is -2.09. The van der Waals surface area contributed by atoms with Gasteiger partial charge in [-0.3, -0.25) is 4.79 Å². The van der Waals surface area contributed by atoms with Gasteiger partial charge in [0.25, 0.3) is 0 Å². The van der Waals surface area contributed by atoms with E-state index >= 15 is 0 Å². The highest BCUT2D eigenvalue weighted by Crippen LogP contribution is 2.35. The summed E-state index contributed by atoms with van der Waals surface area (Å²) in [5.41, 5.74) is 6.69. The molecule has 3 rings (SSSR count). The molecule has 9 nitrogen and oxygen atoms in total. The Morgan fingerprint density at radius 1 is 1.30 bits per heavy atom. The minimum Gasteiger partial charge on any atom is -0.491 e. The van der Waals surface area contributed by atoms with Crippen LogP contribution in [0.25, 0.3) is 11.0 Å². The molecule has 156 valence electrons. The summed E-state index contributed by atoms with van der Waals surface area (Å²) in [6.45, 7) is 1.38. The van der Waals surface area contributed by atoms with Gasteiger partial charge >= 0.3 is 6.03 Å². The predicted molar refractivity (Wildman–Crippen MR) is 111 cm³/mol. The summed E-state index contributed by atoms with van der Waals surface area (Å²) in [4.78, 5) is 34.7. The lowest BCUT2D eigenvalue weighted by molar-refractivity contribution is 0.101. The summed E-state index contributed by atoms with van der Waals surface area (Å²) in [6.07, 6.45) is -1.05. The summed E-state index contributed by atoms with van der Waals surface area (Å²) < 4.78 is 11.1. The summed E-state index contributed by atoms with van der Waals surface area (Å²) in [5.74, 6) is -0.356. The minimum absolute atomic E-state index is 0.107. The number of primary amides is 1. The Balaban J connectivity index is 2.01. The molecule has 2 aromatic carbocycles. The molecule has 0 spiro atoms. The van der Waals surface area contributed by atoms with Gasteiger partial charge in [0.15, 0.2) is 5.76 Å². The SMILES string of the molecule is Cc1ccc(C(=O)c2oc3cc(OCC(O)CN=O)ccc3c2NC(N)=O)c(Cl)c1. The average molecular weight is 432 g/mol. The van der Waals surface area contributed by atoms with Crippen LogP contribution < -0.4 is 15.8 Å². The number of aryl methyl sites for hydroxylation is 1. The number of rotatable bonds is 8. The number of ketones is 1. The number of aliphatic hydroxyl groups is 1. The number of carbonyl (C=O) groups excluding carboxylic acids is 2. The van der Waals surface area contributed by atoms with E-state index in [1.54, 1.807) is 30.3 Å². The van der Waals surface area contributed by atoms with E-state index in [0.717, 1.165) is 5.56 Å². The number of carbonyl (C=O) groups is 2. The smallest absolute Gasteiger partial charge is 0.316 e. The van der Waals surface area contributed by atoms with E-state index in [-0.39, 0.29) is 40.8 Å². The quantitative estimate of drug-likeness (QED) is 0.367. The molecule has 1 heterocycles. The van der Waals surface area contributed by atoms with E-state index in [1.165, 1.54) is 6.07 Å². The van der Waals surface area contributed by atoms with E-state index in [4.69, 9.17) is 26.5 Å². The second kappa shape index (κ2) is 8.93. The van der Waals surface area contributed by atoms with Gasteiger partial charge in [0.05, 0.1) is 5.02 Å². The van der Waals surface area contributed by atoms with Gasteiger partial charge in [-0.05, 0) is 36.8 Å². The summed E-state index contributed by atoms with van der Waals surface area (Å²) >= 11 is 6.20. The van der Waals surface area contributed by atoms with Gasteiger partial charge in [0, 0.05) is 17.0 Å². The third kappa shape index (κ3) is 4.58. The topological polar surface area (TPSA) is 144 Å². The molecule has 0 fully saturated rings. The fourth-order valence-corrected chi connectivity index (χ4v) is 3.15. The van der Waals surface area contributed by atoms with Gasteiger partial charge in [-0.2, -0.15) is 4.91 Å². The first-order chi connectivity index (χ1) is 14.3. The van der Waals surface area contributed by atoms with Crippen molar-refractivity contribution in [2.45, 2.75) is 13.0 Å². The summed E-state index contributed by atoms with van der Waals surface area (Å²) in [6, 6.07) is 8.68. The molecule has 1 unspecified atom stereocenters. The molecule has 3 aromatic rings. The Morgan fingerprint density at radius 3 is 2.73 bits per heavy atom. The second-order valence-corrected chi connectivity index (χ2v) is 6.95. The molecule has 1 aromatic heterocycles. The molecule has 4 N–H and O–H groups in total. The molecule has 0 aliphatic carbocycles. The van der Waals surface area contributed by atoms with Crippen LogP contribution in [0.4, 0.5) is 10.5 Å². The van der Waals surface area contributed by atoms with Crippen LogP contribution in [0.1, 0.15) is 21.7 Å². The molecule has 0 aliphatic heterocycles. The maximum Gasteiger partial charge on any atom is 0.316 e. The number of amides is 2. The molecule has 0 saturated carbocycles. The van der Waals surface area contributed by atoms with Crippen LogP contribution in [0.5, 0.6) is 5.75 Å². The number of aliphatic hydroxyl groups excluding tert-OH is 1. The monoisotopic (exact) mass is 431 g/mol. The van der Waals surface area contributed by atoms with E-state index in [0.29, 0.717) is 11.1 Å². The standard InChI is InChI=1S/C20H18ClN3O6/c1-10-2-4-13(15(21)6-10)18(26)19-17(24-20(22)27)14-5-3-12(7-16(14)30-19)29-9-11(25)8-23-28/h2-7,11,25H,8-9H2,1H3,(H3,22,24,27). The van der Waals surface area contributed by atoms with Crippen molar-refractivity contribution in [1.29, 1.82) is 0 Å². The highest BCUT2D eigenvalue weighted by Gasteiger charge is 2.25. The maximum atomic E-state index is 13.0. The number of benzene rings is 2. The molecule has 0 aliphatic rings. The van der Waals surface area contributed by atoms with E-state index in [1.807, 2.05) is 6.92 Å².